The van der Waals surface area contributed by atoms with Crippen LogP contribution in [0.3, 0.4) is 0 Å². The molecule has 2 aromatic carbocycles. The zero-order valence-electron chi connectivity index (χ0n) is 36.0. The first-order chi connectivity index (χ1) is 27.9. The molecule has 0 unspecified atom stereocenters. The van der Waals surface area contributed by atoms with Gasteiger partial charge in [0.05, 0.1) is 24.1 Å². The highest BCUT2D eigenvalue weighted by Crippen LogP contribution is 2.42. The summed E-state index contributed by atoms with van der Waals surface area (Å²) < 4.78 is 14.2. The lowest BCUT2D eigenvalue weighted by molar-refractivity contribution is -0.162. The lowest BCUT2D eigenvalue weighted by atomic mass is 9.84. The number of carbonyl (C=O) groups excluding carboxylic acids is 4. The first-order valence-electron chi connectivity index (χ1n) is 20.3. The average molecular weight is 807 g/mol. The smallest absolute Gasteiger partial charge is 0.327 e. The number of benzene rings is 2. The van der Waals surface area contributed by atoms with Gasteiger partial charge in [-0.05, 0) is 118 Å². The van der Waals surface area contributed by atoms with E-state index in [9.17, 15) is 24.3 Å². The summed E-state index contributed by atoms with van der Waals surface area (Å²) in [6, 6.07) is 14.3. The van der Waals surface area contributed by atoms with Crippen molar-refractivity contribution in [1.82, 2.24) is 30.2 Å². The Bertz CT molecular complexity index is 2330. The predicted molar refractivity (Wildman–Crippen MR) is 227 cm³/mol. The van der Waals surface area contributed by atoms with E-state index in [0.717, 1.165) is 44.5 Å². The van der Waals surface area contributed by atoms with E-state index in [0.29, 0.717) is 36.9 Å². The number of allylic oxidation sites excluding steroid dienone is 1. The van der Waals surface area contributed by atoms with Crippen LogP contribution < -0.4 is 10.7 Å². The molecule has 3 atom stereocenters. The number of aryl methyl sites for hydroxylation is 1. The second kappa shape index (κ2) is 17.0. The second-order valence-electron chi connectivity index (χ2n) is 17.1. The van der Waals surface area contributed by atoms with Crippen molar-refractivity contribution in [3.05, 3.63) is 82.8 Å². The average Bonchev–Trinajstić information content (AvgIpc) is 3.49. The summed E-state index contributed by atoms with van der Waals surface area (Å²) in [4.78, 5) is 61.0. The number of rotatable bonds is 7. The Kier molecular flexibility index (Phi) is 12.4. The maximum atomic E-state index is 14.5. The molecule has 13 nitrogen and oxygen atoms in total. The molecule has 4 heterocycles. The summed E-state index contributed by atoms with van der Waals surface area (Å²) >= 11 is 0. The topological polar surface area (TPSA) is 155 Å². The third-order valence-electron chi connectivity index (χ3n) is 11.6. The lowest BCUT2D eigenvalue weighted by Gasteiger charge is -2.41. The number of carbonyl (C=O) groups is 4. The van der Waals surface area contributed by atoms with Crippen molar-refractivity contribution in [1.29, 1.82) is 0 Å². The molecule has 4 aromatic rings. The first kappa shape index (κ1) is 43.1. The van der Waals surface area contributed by atoms with Crippen molar-refractivity contribution in [3.8, 4) is 28.1 Å². The van der Waals surface area contributed by atoms with Crippen LogP contribution in [0.5, 0.6) is 5.75 Å². The van der Waals surface area contributed by atoms with Gasteiger partial charge in [-0.1, -0.05) is 26.0 Å². The third-order valence-corrected chi connectivity index (χ3v) is 11.6. The standard InChI is InChI=1S/C46H58N6O7/c1-11-51-38-16-15-31-24-35(38)36(41(51)34-14-12-18-47-39(34)28(4)58-10)25-45(6,7)26-59-44(57)46(8)17-13-19-52(49-46)43(56)37(22-30-20-32(31)23-33(54)21-30)48-42(55)40(27(2)3)50(9)29(5)53/h12,14-16,18,20-21,23-24,28,37,49,54H,11,13,17,19,22,25-26H2,1-10H3,(H,48,55)/t28-,37-,46+/m0/s1. The number of fused-ring (bicyclic) bond motifs is 6. The molecule has 3 amide bonds. The van der Waals surface area contributed by atoms with Crippen LogP contribution in [-0.2, 0) is 48.0 Å². The quantitative estimate of drug-likeness (QED) is 0.138. The number of amides is 3. The maximum Gasteiger partial charge on any atom is 0.327 e. The van der Waals surface area contributed by atoms with E-state index in [1.54, 1.807) is 46.2 Å². The van der Waals surface area contributed by atoms with Crippen LogP contribution in [0.4, 0.5) is 0 Å². The number of hydrogen-bond acceptors (Lipinski definition) is 9. The van der Waals surface area contributed by atoms with Gasteiger partial charge >= 0.3 is 5.97 Å². The SMILES string of the molecule is CCn1c(-c2cccnc2[C@H](C)OC)c2c3cc(ccc31)-c1cc(O)cc(c1)C[C@H](NC(=O)C(=C(C)C)N(C)C(C)=O)C(=O)N1CCC[C@@](C)(N1)C(=O)OCC(C)(C)C2. The Labute approximate surface area is 346 Å². The van der Waals surface area contributed by atoms with Gasteiger partial charge in [0, 0.05) is 68.7 Å². The number of nitrogens with zero attached hydrogens (tertiary/aromatic N) is 4. The lowest BCUT2D eigenvalue weighted by Crippen LogP contribution is -2.65. The Hall–Kier alpha value is -5.53. The van der Waals surface area contributed by atoms with E-state index in [1.165, 1.54) is 23.9 Å². The van der Waals surface area contributed by atoms with E-state index in [4.69, 9.17) is 14.5 Å². The molecule has 6 bridgehead atoms. The summed E-state index contributed by atoms with van der Waals surface area (Å²) in [5.74, 6) is -1.90. The Morgan fingerprint density at radius 2 is 1.85 bits per heavy atom. The van der Waals surface area contributed by atoms with Crippen LogP contribution in [-0.4, -0.2) is 87.1 Å². The number of cyclic esters (lactones) is 1. The van der Waals surface area contributed by atoms with Gasteiger partial charge in [0.1, 0.15) is 23.0 Å². The molecule has 13 heteroatoms. The van der Waals surface area contributed by atoms with Crippen molar-refractivity contribution in [3.63, 3.8) is 0 Å². The molecular formula is C46H58N6O7. The van der Waals surface area contributed by atoms with Crippen molar-refractivity contribution >= 4 is 34.6 Å². The molecular weight excluding hydrogens is 749 g/mol. The van der Waals surface area contributed by atoms with Crippen LogP contribution in [0.15, 0.2) is 66.0 Å². The number of aromatic nitrogens is 2. The number of esters is 1. The largest absolute Gasteiger partial charge is 0.508 e. The van der Waals surface area contributed by atoms with Gasteiger partial charge in [-0.3, -0.25) is 24.4 Å². The number of phenolic OH excluding ortho intramolecular Hbond substituents is 1. The molecule has 314 valence electrons. The second-order valence-corrected chi connectivity index (χ2v) is 17.1. The summed E-state index contributed by atoms with van der Waals surface area (Å²) in [7, 11) is 3.18. The Morgan fingerprint density at radius 1 is 1.10 bits per heavy atom. The van der Waals surface area contributed by atoms with Gasteiger partial charge in [0.25, 0.3) is 11.8 Å². The van der Waals surface area contributed by atoms with Crippen molar-refractivity contribution < 1.29 is 33.8 Å². The number of aromatic hydroxyl groups is 1. The molecule has 2 aliphatic rings. The number of methoxy groups -OCH3 is 1. The van der Waals surface area contributed by atoms with Crippen LogP contribution in [0.25, 0.3) is 33.3 Å². The van der Waals surface area contributed by atoms with Gasteiger partial charge in [-0.2, -0.15) is 0 Å². The molecule has 1 saturated heterocycles. The third kappa shape index (κ3) is 8.77. The molecule has 2 aliphatic heterocycles. The van der Waals surface area contributed by atoms with Crippen molar-refractivity contribution in [2.75, 3.05) is 27.3 Å². The molecule has 0 aliphatic carbocycles. The molecule has 0 spiro atoms. The first-order valence-corrected chi connectivity index (χ1v) is 20.3. The number of nitrogens with one attached hydrogen (secondary N) is 2. The maximum absolute atomic E-state index is 14.5. The van der Waals surface area contributed by atoms with Gasteiger partial charge in [0.2, 0.25) is 5.91 Å². The summed E-state index contributed by atoms with van der Waals surface area (Å²) in [5.41, 5.74) is 9.13. The summed E-state index contributed by atoms with van der Waals surface area (Å²) in [6.07, 6.45) is 2.98. The fraction of sp³-hybridized carbons (Fsp3) is 0.457. The normalized spacial score (nSPS) is 20.0. The fourth-order valence-corrected chi connectivity index (χ4v) is 8.42. The van der Waals surface area contributed by atoms with E-state index in [-0.39, 0.29) is 43.0 Å². The number of pyridine rings is 1. The number of ether oxygens (including phenoxy) is 2. The van der Waals surface area contributed by atoms with Crippen LogP contribution in [0.1, 0.15) is 91.2 Å². The Morgan fingerprint density at radius 3 is 2.53 bits per heavy atom. The molecule has 6 rings (SSSR count). The number of hydrogen-bond donors (Lipinski definition) is 3. The molecule has 1 fully saturated rings. The van der Waals surface area contributed by atoms with Crippen LogP contribution in [0, 0.1) is 5.41 Å². The van der Waals surface area contributed by atoms with E-state index >= 15 is 0 Å². The minimum Gasteiger partial charge on any atom is -0.508 e. The highest BCUT2D eigenvalue weighted by molar-refractivity contribution is 6.00. The van der Waals surface area contributed by atoms with Gasteiger partial charge in [-0.25, -0.2) is 10.2 Å². The van der Waals surface area contributed by atoms with E-state index in [1.807, 2.05) is 25.1 Å². The zero-order valence-corrected chi connectivity index (χ0v) is 36.0. The highest BCUT2D eigenvalue weighted by atomic mass is 16.5. The fourth-order valence-electron chi connectivity index (χ4n) is 8.42. The predicted octanol–water partition coefficient (Wildman–Crippen LogP) is 6.61. The number of hydrazine groups is 1. The van der Waals surface area contributed by atoms with Gasteiger partial charge < -0.3 is 29.4 Å². The van der Waals surface area contributed by atoms with Gasteiger partial charge in [-0.15, -0.1) is 0 Å². The minimum atomic E-state index is -1.23. The van der Waals surface area contributed by atoms with Crippen molar-refractivity contribution in [2.45, 2.75) is 105 Å². The highest BCUT2D eigenvalue weighted by Gasteiger charge is 2.43. The van der Waals surface area contributed by atoms with E-state index < -0.39 is 34.8 Å². The minimum absolute atomic E-state index is 0.000950. The zero-order chi connectivity index (χ0) is 43.0. The van der Waals surface area contributed by atoms with E-state index in [2.05, 4.69) is 54.3 Å². The molecule has 0 saturated carbocycles. The molecule has 0 radical (unpaired) electrons. The van der Waals surface area contributed by atoms with Crippen LogP contribution >= 0.6 is 0 Å². The van der Waals surface area contributed by atoms with Crippen molar-refractivity contribution in [2.24, 2.45) is 5.41 Å². The van der Waals surface area contributed by atoms with Gasteiger partial charge in [0.15, 0.2) is 0 Å². The molecule has 59 heavy (non-hydrogen) atoms. The summed E-state index contributed by atoms with van der Waals surface area (Å²) in [5, 5.41) is 16.5. The Balaban J connectivity index is 1.56. The molecule has 3 N–H and O–H groups in total. The molecule has 2 aromatic heterocycles. The number of phenols is 1. The van der Waals surface area contributed by atoms with Crippen LogP contribution in [0.2, 0.25) is 0 Å². The number of likely N-dealkylation sites (N-methyl/N-ethyl adjacent to an activating group) is 1. The summed E-state index contributed by atoms with van der Waals surface area (Å²) in [6.45, 7) is 15.9. The monoisotopic (exact) mass is 806 g/mol.